The minimum atomic E-state index is -0.379. The third-order valence-electron chi connectivity index (χ3n) is 6.37. The van der Waals surface area contributed by atoms with Gasteiger partial charge in [0, 0.05) is 13.1 Å². The number of carbonyl (C=O) groups is 1. The molecule has 186 valence electrons. The van der Waals surface area contributed by atoms with Crippen LogP contribution >= 0.6 is 11.8 Å². The molecular formula is C27H33FN4O2S. The number of benzene rings is 2. The zero-order valence-electron chi connectivity index (χ0n) is 20.2. The van der Waals surface area contributed by atoms with E-state index in [4.69, 9.17) is 4.98 Å². The van der Waals surface area contributed by atoms with Gasteiger partial charge in [0.05, 0.1) is 21.8 Å². The highest BCUT2D eigenvalue weighted by molar-refractivity contribution is 8.00. The van der Waals surface area contributed by atoms with Crippen LogP contribution in [0.15, 0.2) is 58.5 Å². The zero-order valence-corrected chi connectivity index (χ0v) is 21.0. The predicted molar refractivity (Wildman–Crippen MR) is 140 cm³/mol. The molecule has 6 nitrogen and oxygen atoms in total. The average Bonchev–Trinajstić information content (AvgIpc) is 2.88. The Bertz CT molecular complexity index is 1190. The number of unbranched alkanes of at least 4 members (excludes halogenated alkanes) is 1. The summed E-state index contributed by atoms with van der Waals surface area (Å²) in [5, 5.41) is 3.65. The molecule has 1 aromatic heterocycles. The zero-order chi connectivity index (χ0) is 24.6. The smallest absolute Gasteiger partial charge is 0.266 e. The highest BCUT2D eigenvalue weighted by Gasteiger charge is 2.24. The Morgan fingerprint density at radius 2 is 1.86 bits per heavy atom. The second kappa shape index (κ2) is 12.3. The number of halogens is 1. The Morgan fingerprint density at radius 3 is 2.60 bits per heavy atom. The monoisotopic (exact) mass is 496 g/mol. The third kappa shape index (κ3) is 6.49. The predicted octanol–water partition coefficient (Wildman–Crippen LogP) is 4.78. The molecule has 1 amide bonds. The molecule has 1 atom stereocenters. The number of carbonyl (C=O) groups excluding carboxylic acids is 1. The van der Waals surface area contributed by atoms with Gasteiger partial charge in [-0.25, -0.2) is 9.37 Å². The molecule has 0 spiro atoms. The normalized spacial score (nSPS) is 15.3. The molecule has 8 heteroatoms. The first kappa shape index (κ1) is 25.4. The minimum Gasteiger partial charge on any atom is -0.354 e. The highest BCUT2D eigenvalue weighted by Crippen LogP contribution is 2.28. The number of hydrogen-bond donors (Lipinski definition) is 1. The number of piperidine rings is 1. The molecule has 1 unspecified atom stereocenters. The van der Waals surface area contributed by atoms with Gasteiger partial charge in [0.2, 0.25) is 5.91 Å². The molecule has 1 fully saturated rings. The summed E-state index contributed by atoms with van der Waals surface area (Å²) in [5.74, 6) is -0.410. The van der Waals surface area contributed by atoms with Crippen molar-refractivity contribution >= 4 is 28.6 Å². The molecule has 1 N–H and O–H groups in total. The Morgan fingerprint density at radius 1 is 1.11 bits per heavy atom. The number of rotatable bonds is 10. The van der Waals surface area contributed by atoms with Crippen LogP contribution in [0, 0.1) is 5.82 Å². The lowest BCUT2D eigenvalue weighted by Gasteiger charge is -2.26. The molecule has 4 rings (SSSR count). The van der Waals surface area contributed by atoms with E-state index in [1.807, 2.05) is 6.07 Å². The fourth-order valence-electron chi connectivity index (χ4n) is 4.40. The van der Waals surface area contributed by atoms with Gasteiger partial charge in [-0.1, -0.05) is 50.1 Å². The lowest BCUT2D eigenvalue weighted by atomic mass is 10.1. The van der Waals surface area contributed by atoms with Gasteiger partial charge in [0.25, 0.3) is 5.56 Å². The van der Waals surface area contributed by atoms with Crippen molar-refractivity contribution in [1.29, 1.82) is 0 Å². The van der Waals surface area contributed by atoms with Crippen molar-refractivity contribution in [1.82, 2.24) is 19.8 Å². The SMILES string of the molecule is CCCCC(Sc1nc2ccccc2c(=O)n1-c1ccc(F)cc1)C(=O)NCCN1CCCCC1. The second-order valence-corrected chi connectivity index (χ2v) is 10.1. The van der Waals surface area contributed by atoms with Crippen molar-refractivity contribution in [2.45, 2.75) is 55.9 Å². The van der Waals surface area contributed by atoms with Crippen LogP contribution in [-0.2, 0) is 4.79 Å². The van der Waals surface area contributed by atoms with Crippen molar-refractivity contribution in [2.24, 2.45) is 0 Å². The molecule has 0 saturated carbocycles. The van der Waals surface area contributed by atoms with Gasteiger partial charge in [0.1, 0.15) is 5.82 Å². The standard InChI is InChI=1S/C27H33FN4O2S/c1-2-3-11-24(25(33)29-16-19-31-17-7-4-8-18-31)35-27-30-23-10-6-5-9-22(23)26(34)32(27)21-14-12-20(28)13-15-21/h5-6,9-10,12-15,24H,2-4,7-8,11,16-19H2,1H3,(H,29,33). The van der Waals surface area contributed by atoms with Gasteiger partial charge >= 0.3 is 0 Å². The summed E-state index contributed by atoms with van der Waals surface area (Å²) in [4.78, 5) is 33.8. The number of thioether (sulfide) groups is 1. The van der Waals surface area contributed by atoms with E-state index >= 15 is 0 Å². The summed E-state index contributed by atoms with van der Waals surface area (Å²) >= 11 is 1.31. The summed E-state index contributed by atoms with van der Waals surface area (Å²) in [7, 11) is 0. The van der Waals surface area contributed by atoms with E-state index in [2.05, 4.69) is 17.1 Å². The first-order valence-electron chi connectivity index (χ1n) is 12.5. The van der Waals surface area contributed by atoms with Gasteiger partial charge in [-0.05, 0) is 68.8 Å². The number of nitrogens with one attached hydrogen (secondary N) is 1. The van der Waals surface area contributed by atoms with Crippen molar-refractivity contribution in [3.8, 4) is 5.69 Å². The number of nitrogens with zero attached hydrogens (tertiary/aromatic N) is 3. The van der Waals surface area contributed by atoms with Crippen molar-refractivity contribution in [3.05, 3.63) is 64.7 Å². The van der Waals surface area contributed by atoms with Crippen LogP contribution in [0.2, 0.25) is 0 Å². The van der Waals surface area contributed by atoms with E-state index in [0.717, 1.165) is 32.5 Å². The quantitative estimate of drug-likeness (QED) is 0.323. The number of para-hydroxylation sites is 1. The Hall–Kier alpha value is -2.71. The van der Waals surface area contributed by atoms with Gasteiger partial charge < -0.3 is 10.2 Å². The maximum Gasteiger partial charge on any atom is 0.266 e. The molecular weight excluding hydrogens is 463 g/mol. The van der Waals surface area contributed by atoms with Gasteiger partial charge in [-0.2, -0.15) is 0 Å². The van der Waals surface area contributed by atoms with E-state index in [9.17, 15) is 14.0 Å². The minimum absolute atomic E-state index is 0.0338. The van der Waals surface area contributed by atoms with Crippen LogP contribution in [0.5, 0.6) is 0 Å². The molecule has 2 aromatic carbocycles. The lowest BCUT2D eigenvalue weighted by molar-refractivity contribution is -0.120. The number of aromatic nitrogens is 2. The summed E-state index contributed by atoms with van der Waals surface area (Å²) in [5.41, 5.74) is 0.875. The number of hydrogen-bond acceptors (Lipinski definition) is 5. The molecule has 1 aliphatic heterocycles. The van der Waals surface area contributed by atoms with Crippen molar-refractivity contribution < 1.29 is 9.18 Å². The van der Waals surface area contributed by atoms with Crippen LogP contribution in [0.4, 0.5) is 4.39 Å². The van der Waals surface area contributed by atoms with Crippen LogP contribution in [0.25, 0.3) is 16.6 Å². The van der Waals surface area contributed by atoms with Gasteiger partial charge in [-0.3, -0.25) is 14.2 Å². The van der Waals surface area contributed by atoms with Crippen LogP contribution in [-0.4, -0.2) is 51.8 Å². The molecule has 0 aliphatic carbocycles. The highest BCUT2D eigenvalue weighted by atomic mass is 32.2. The van der Waals surface area contributed by atoms with Crippen molar-refractivity contribution in [3.63, 3.8) is 0 Å². The molecule has 35 heavy (non-hydrogen) atoms. The average molecular weight is 497 g/mol. The molecule has 3 aromatic rings. The molecule has 2 heterocycles. The first-order chi connectivity index (χ1) is 17.1. The summed E-state index contributed by atoms with van der Waals surface area (Å²) < 4.78 is 15.1. The van der Waals surface area contributed by atoms with Crippen LogP contribution in [0.1, 0.15) is 45.4 Å². The van der Waals surface area contributed by atoms with E-state index in [1.165, 1.54) is 47.7 Å². The third-order valence-corrected chi connectivity index (χ3v) is 7.58. The van der Waals surface area contributed by atoms with E-state index in [0.29, 0.717) is 34.7 Å². The summed E-state index contributed by atoms with van der Waals surface area (Å²) in [6, 6.07) is 13.0. The summed E-state index contributed by atoms with van der Waals surface area (Å²) in [6.45, 7) is 5.74. The maximum absolute atomic E-state index is 13.6. The number of likely N-dealkylation sites (tertiary alicyclic amines) is 1. The Balaban J connectivity index is 1.60. The fraction of sp³-hybridized carbons (Fsp3) is 0.444. The van der Waals surface area contributed by atoms with E-state index < -0.39 is 0 Å². The van der Waals surface area contributed by atoms with E-state index in [1.54, 1.807) is 30.3 Å². The maximum atomic E-state index is 13.6. The molecule has 1 aliphatic rings. The van der Waals surface area contributed by atoms with Crippen LogP contribution in [0.3, 0.4) is 0 Å². The van der Waals surface area contributed by atoms with E-state index in [-0.39, 0.29) is 22.5 Å². The van der Waals surface area contributed by atoms with Gasteiger partial charge in [-0.15, -0.1) is 0 Å². The van der Waals surface area contributed by atoms with Gasteiger partial charge in [0.15, 0.2) is 5.16 Å². The molecule has 1 saturated heterocycles. The fourth-order valence-corrected chi connectivity index (χ4v) is 5.58. The first-order valence-corrected chi connectivity index (χ1v) is 13.4. The van der Waals surface area contributed by atoms with Crippen LogP contribution < -0.4 is 10.9 Å². The molecule has 0 bridgehead atoms. The Labute approximate surface area is 209 Å². The van der Waals surface area contributed by atoms with Crippen molar-refractivity contribution in [2.75, 3.05) is 26.2 Å². The second-order valence-electron chi connectivity index (χ2n) is 8.97. The Kier molecular flexibility index (Phi) is 8.93. The number of fused-ring (bicyclic) bond motifs is 1. The molecule has 0 radical (unpaired) electrons. The number of amides is 1. The summed E-state index contributed by atoms with van der Waals surface area (Å²) in [6.07, 6.45) is 6.27. The largest absolute Gasteiger partial charge is 0.354 e. The topological polar surface area (TPSA) is 67.2 Å². The lowest BCUT2D eigenvalue weighted by Crippen LogP contribution is -2.40.